The fourth-order valence-corrected chi connectivity index (χ4v) is 3.30. The second-order valence-corrected chi connectivity index (χ2v) is 6.03. The lowest BCUT2D eigenvalue weighted by Crippen LogP contribution is -2.38. The van der Waals surface area contributed by atoms with E-state index in [-0.39, 0.29) is 0 Å². The fraction of sp³-hybridized carbons (Fsp3) is 0.571. The van der Waals surface area contributed by atoms with E-state index in [9.17, 15) is 0 Å². The van der Waals surface area contributed by atoms with Crippen LogP contribution >= 0.6 is 23.2 Å². The summed E-state index contributed by atoms with van der Waals surface area (Å²) < 4.78 is 0. The van der Waals surface area contributed by atoms with E-state index in [1.807, 2.05) is 12.1 Å². The molecule has 0 saturated heterocycles. The molecule has 3 N–H and O–H groups in total. The van der Waals surface area contributed by atoms with Gasteiger partial charge in [0.1, 0.15) is 0 Å². The van der Waals surface area contributed by atoms with E-state index in [0.717, 1.165) is 29.3 Å². The van der Waals surface area contributed by atoms with Crippen molar-refractivity contribution in [1.29, 1.82) is 0 Å². The van der Waals surface area contributed by atoms with Gasteiger partial charge in [-0.3, -0.25) is 11.3 Å². The average Bonchev–Trinajstić information content (AvgIpc) is 2.84. The molecule has 2 rings (SSSR count). The summed E-state index contributed by atoms with van der Waals surface area (Å²) in [6.07, 6.45) is 7.41. The zero-order chi connectivity index (χ0) is 13.0. The molecule has 1 unspecified atom stereocenters. The zero-order valence-electron chi connectivity index (χ0n) is 10.5. The highest BCUT2D eigenvalue weighted by atomic mass is 35.5. The minimum Gasteiger partial charge on any atom is -0.271 e. The Morgan fingerprint density at radius 1 is 1.28 bits per heavy atom. The van der Waals surface area contributed by atoms with Crippen molar-refractivity contribution >= 4 is 23.2 Å². The molecule has 1 atom stereocenters. The molecule has 1 fully saturated rings. The summed E-state index contributed by atoms with van der Waals surface area (Å²) in [5, 5.41) is 1.41. The summed E-state index contributed by atoms with van der Waals surface area (Å²) in [4.78, 5) is 0. The van der Waals surface area contributed by atoms with Gasteiger partial charge in [-0.1, -0.05) is 55.0 Å². The third-order valence-electron chi connectivity index (χ3n) is 3.81. The van der Waals surface area contributed by atoms with Crippen LogP contribution in [-0.2, 0) is 6.42 Å². The van der Waals surface area contributed by atoms with E-state index >= 15 is 0 Å². The van der Waals surface area contributed by atoms with Gasteiger partial charge >= 0.3 is 0 Å². The third-order valence-corrected chi connectivity index (χ3v) is 4.40. The van der Waals surface area contributed by atoms with Crippen LogP contribution in [0.3, 0.4) is 0 Å². The van der Waals surface area contributed by atoms with Crippen molar-refractivity contribution in [3.05, 3.63) is 33.8 Å². The number of benzene rings is 1. The van der Waals surface area contributed by atoms with Crippen molar-refractivity contribution in [2.75, 3.05) is 0 Å². The Bertz CT molecular complexity index is 389. The second-order valence-electron chi connectivity index (χ2n) is 5.19. The molecule has 0 aliphatic heterocycles. The van der Waals surface area contributed by atoms with Crippen LogP contribution in [0.25, 0.3) is 0 Å². The lowest BCUT2D eigenvalue weighted by Gasteiger charge is -2.20. The molecule has 4 heteroatoms. The Kier molecular flexibility index (Phi) is 5.31. The maximum atomic E-state index is 6.19. The van der Waals surface area contributed by atoms with E-state index in [2.05, 4.69) is 5.43 Å². The highest BCUT2D eigenvalue weighted by molar-refractivity contribution is 6.35. The fourth-order valence-electron chi connectivity index (χ4n) is 2.81. The van der Waals surface area contributed by atoms with E-state index in [4.69, 9.17) is 29.0 Å². The molecule has 0 spiro atoms. The molecule has 100 valence electrons. The molecular weight excluding hydrogens is 267 g/mol. The zero-order valence-corrected chi connectivity index (χ0v) is 12.0. The molecule has 18 heavy (non-hydrogen) atoms. The Labute approximate surface area is 119 Å². The average molecular weight is 287 g/mol. The number of halogens is 2. The number of hydrogen-bond acceptors (Lipinski definition) is 2. The second kappa shape index (κ2) is 6.76. The maximum Gasteiger partial charge on any atom is 0.0453 e. The van der Waals surface area contributed by atoms with Crippen LogP contribution < -0.4 is 11.3 Å². The minimum atomic E-state index is 0.298. The molecule has 1 aromatic rings. The van der Waals surface area contributed by atoms with Gasteiger partial charge in [0.05, 0.1) is 0 Å². The van der Waals surface area contributed by atoms with Crippen LogP contribution in [0, 0.1) is 5.92 Å². The van der Waals surface area contributed by atoms with Gasteiger partial charge in [-0.15, -0.1) is 0 Å². The highest BCUT2D eigenvalue weighted by Gasteiger charge is 2.20. The molecule has 0 heterocycles. The molecular formula is C14H20Cl2N2. The first-order valence-electron chi connectivity index (χ1n) is 6.59. The molecule has 0 bridgehead atoms. The van der Waals surface area contributed by atoms with Gasteiger partial charge in [-0.25, -0.2) is 0 Å². The van der Waals surface area contributed by atoms with Gasteiger partial charge in [-0.2, -0.15) is 0 Å². The number of rotatable bonds is 5. The summed E-state index contributed by atoms with van der Waals surface area (Å²) in [5.74, 6) is 6.48. The normalized spacial score (nSPS) is 18.2. The first-order valence-corrected chi connectivity index (χ1v) is 7.34. The van der Waals surface area contributed by atoms with Crippen molar-refractivity contribution in [2.45, 2.75) is 44.6 Å². The van der Waals surface area contributed by atoms with Gasteiger partial charge in [0.2, 0.25) is 0 Å². The van der Waals surface area contributed by atoms with Crippen molar-refractivity contribution in [3.63, 3.8) is 0 Å². The summed E-state index contributed by atoms with van der Waals surface area (Å²) in [6, 6.07) is 5.96. The van der Waals surface area contributed by atoms with Gasteiger partial charge in [0, 0.05) is 16.1 Å². The van der Waals surface area contributed by atoms with Crippen molar-refractivity contribution in [3.8, 4) is 0 Å². The largest absolute Gasteiger partial charge is 0.271 e. The molecule has 0 aromatic heterocycles. The lowest BCUT2D eigenvalue weighted by atomic mass is 9.94. The predicted octanol–water partition coefficient (Wildman–Crippen LogP) is 3.95. The lowest BCUT2D eigenvalue weighted by molar-refractivity contribution is 0.389. The number of nitrogens with two attached hydrogens (primary N) is 1. The Hall–Kier alpha value is -0.280. The van der Waals surface area contributed by atoms with Crippen LogP contribution in [0.1, 0.15) is 37.7 Å². The van der Waals surface area contributed by atoms with E-state index in [0.29, 0.717) is 11.1 Å². The molecule has 1 saturated carbocycles. The third kappa shape index (κ3) is 3.86. The van der Waals surface area contributed by atoms with Crippen LogP contribution in [0.2, 0.25) is 10.0 Å². The monoisotopic (exact) mass is 286 g/mol. The maximum absolute atomic E-state index is 6.19. The first kappa shape index (κ1) is 14.1. The van der Waals surface area contributed by atoms with E-state index < -0.39 is 0 Å². The molecule has 1 aliphatic rings. The Balaban J connectivity index is 1.96. The van der Waals surface area contributed by atoms with Crippen LogP contribution in [0.5, 0.6) is 0 Å². The van der Waals surface area contributed by atoms with Crippen molar-refractivity contribution in [2.24, 2.45) is 11.8 Å². The number of hydrazine groups is 1. The van der Waals surface area contributed by atoms with Gasteiger partial charge in [-0.05, 0) is 36.5 Å². The van der Waals surface area contributed by atoms with E-state index in [1.165, 1.54) is 25.7 Å². The molecule has 1 aliphatic carbocycles. The van der Waals surface area contributed by atoms with Gasteiger partial charge in [0.15, 0.2) is 0 Å². The van der Waals surface area contributed by atoms with Gasteiger partial charge in [0.25, 0.3) is 0 Å². The first-order chi connectivity index (χ1) is 8.69. The standard InChI is InChI=1S/C14H20Cl2N2/c15-12-6-5-11(14(16)9-12)8-13(18-17)7-10-3-1-2-4-10/h5-6,9-10,13,18H,1-4,7-8,17H2. The topological polar surface area (TPSA) is 38.0 Å². The van der Waals surface area contributed by atoms with Crippen LogP contribution in [0.15, 0.2) is 18.2 Å². The van der Waals surface area contributed by atoms with Crippen LogP contribution in [-0.4, -0.2) is 6.04 Å². The number of nitrogens with one attached hydrogen (secondary N) is 1. The predicted molar refractivity (Wildman–Crippen MR) is 77.9 cm³/mol. The van der Waals surface area contributed by atoms with Gasteiger partial charge < -0.3 is 0 Å². The molecule has 0 radical (unpaired) electrons. The SMILES string of the molecule is NNC(Cc1ccc(Cl)cc1Cl)CC1CCCC1. The Morgan fingerprint density at radius 2 is 2.00 bits per heavy atom. The van der Waals surface area contributed by atoms with Crippen molar-refractivity contribution in [1.82, 2.24) is 5.43 Å². The highest BCUT2D eigenvalue weighted by Crippen LogP contribution is 2.30. The summed E-state index contributed by atoms with van der Waals surface area (Å²) in [6.45, 7) is 0. The summed E-state index contributed by atoms with van der Waals surface area (Å²) in [5.41, 5.74) is 4.04. The quantitative estimate of drug-likeness (QED) is 0.635. The molecule has 2 nitrogen and oxygen atoms in total. The van der Waals surface area contributed by atoms with E-state index in [1.54, 1.807) is 6.07 Å². The summed E-state index contributed by atoms with van der Waals surface area (Å²) >= 11 is 12.1. The Morgan fingerprint density at radius 3 is 2.61 bits per heavy atom. The molecule has 0 amide bonds. The minimum absolute atomic E-state index is 0.298. The smallest absolute Gasteiger partial charge is 0.0453 e. The van der Waals surface area contributed by atoms with Crippen molar-refractivity contribution < 1.29 is 0 Å². The number of hydrogen-bond donors (Lipinski definition) is 2. The molecule has 1 aromatic carbocycles. The van der Waals surface area contributed by atoms with Crippen LogP contribution in [0.4, 0.5) is 0 Å². The summed E-state index contributed by atoms with van der Waals surface area (Å²) in [7, 11) is 0.